The van der Waals surface area contributed by atoms with E-state index in [-0.39, 0.29) is 19.4 Å². The second-order valence-electron chi connectivity index (χ2n) is 14.6. The third-order valence-electron chi connectivity index (χ3n) is 9.24. The molecule has 0 fully saturated rings. The van der Waals surface area contributed by atoms with Crippen molar-refractivity contribution in [2.24, 2.45) is 0 Å². The summed E-state index contributed by atoms with van der Waals surface area (Å²) in [7, 11) is -4.70. The lowest BCUT2D eigenvalue weighted by Crippen LogP contribution is -2.70. The van der Waals surface area contributed by atoms with E-state index in [4.69, 9.17) is 14.0 Å². The molecule has 0 radical (unpaired) electrons. The summed E-state index contributed by atoms with van der Waals surface area (Å²) in [5, 5.41) is 10.8. The van der Waals surface area contributed by atoms with Crippen LogP contribution in [0.3, 0.4) is 0 Å². The number of rotatable bonds is 40. The van der Waals surface area contributed by atoms with E-state index in [0.29, 0.717) is 12.8 Å². The summed E-state index contributed by atoms with van der Waals surface area (Å²) in [5.41, 5.74) is 3.27. The first-order valence-electron chi connectivity index (χ1n) is 21.4. The Balaban J connectivity index is 4.38. The Labute approximate surface area is 328 Å². The highest BCUT2D eigenvalue weighted by Gasteiger charge is 2.27. The van der Waals surface area contributed by atoms with Crippen LogP contribution in [-0.4, -0.2) is 54.8 Å². The fraction of sp³-hybridized carbons (Fsp3) is 0.833. The third kappa shape index (κ3) is 36.9. The van der Waals surface area contributed by atoms with Crippen molar-refractivity contribution in [2.75, 3.05) is 19.8 Å². The fourth-order valence-electron chi connectivity index (χ4n) is 5.81. The van der Waals surface area contributed by atoms with Gasteiger partial charge < -0.3 is 30.0 Å². The number of carbonyl (C=O) groups is 3. The Hall–Kier alpha value is -2.04. The number of phosphoric ester groups is 1. The van der Waals surface area contributed by atoms with Crippen LogP contribution >= 0.6 is 7.82 Å². The number of aliphatic carboxylic acids is 1. The number of ether oxygens (including phenoxy) is 2. The molecule has 3 atom stereocenters. The van der Waals surface area contributed by atoms with E-state index in [0.717, 1.165) is 64.2 Å². The molecule has 0 saturated carbocycles. The smallest absolute Gasteiger partial charge is 0.472 e. The highest BCUT2D eigenvalue weighted by Crippen LogP contribution is 2.43. The van der Waals surface area contributed by atoms with Gasteiger partial charge in [0.25, 0.3) is 0 Å². The van der Waals surface area contributed by atoms with Crippen LogP contribution < -0.4 is 10.8 Å². The van der Waals surface area contributed by atoms with Gasteiger partial charge in [-0.1, -0.05) is 160 Å². The van der Waals surface area contributed by atoms with E-state index >= 15 is 0 Å². The lowest BCUT2D eigenvalue weighted by Gasteiger charge is -2.20. The normalized spacial score (nSPS) is 14.0. The van der Waals surface area contributed by atoms with E-state index in [9.17, 15) is 28.9 Å². The zero-order valence-electron chi connectivity index (χ0n) is 34.2. The zero-order chi connectivity index (χ0) is 40.0. The zero-order valence-corrected chi connectivity index (χ0v) is 35.1. The van der Waals surface area contributed by atoms with Gasteiger partial charge in [0.2, 0.25) is 0 Å². The van der Waals surface area contributed by atoms with E-state index in [1.165, 1.54) is 89.9 Å². The molecule has 316 valence electrons. The first kappa shape index (κ1) is 52.0. The summed E-state index contributed by atoms with van der Waals surface area (Å²) in [4.78, 5) is 45.9. The van der Waals surface area contributed by atoms with E-state index in [1.807, 2.05) is 0 Å². The topological polar surface area (TPSA) is 176 Å². The van der Waals surface area contributed by atoms with Gasteiger partial charge in [0.1, 0.15) is 25.2 Å². The van der Waals surface area contributed by atoms with Crippen LogP contribution in [0.1, 0.15) is 194 Å². The molecule has 0 rings (SSSR count). The van der Waals surface area contributed by atoms with Crippen molar-refractivity contribution in [3.63, 3.8) is 0 Å². The van der Waals surface area contributed by atoms with E-state index in [2.05, 4.69) is 48.4 Å². The molecule has 0 spiro atoms. The molecule has 12 heteroatoms. The van der Waals surface area contributed by atoms with Crippen LogP contribution in [0.25, 0.3) is 0 Å². The van der Waals surface area contributed by atoms with Gasteiger partial charge in [-0.2, -0.15) is 0 Å². The predicted molar refractivity (Wildman–Crippen MR) is 213 cm³/mol. The number of allylic oxidation sites excluding steroid dienone is 4. The minimum Gasteiger partial charge on any atom is -0.544 e. The van der Waals surface area contributed by atoms with Gasteiger partial charge in [-0.25, -0.2) is 4.57 Å². The monoisotopic (exact) mass is 788 g/mol. The minimum atomic E-state index is -4.70. The number of hydrogen-bond donors (Lipinski definition) is 2. The number of carboxylic acids is 1. The molecule has 0 saturated heterocycles. The first-order valence-corrected chi connectivity index (χ1v) is 22.9. The molecule has 54 heavy (non-hydrogen) atoms. The maximum atomic E-state index is 12.6. The van der Waals surface area contributed by atoms with Crippen LogP contribution in [0.5, 0.6) is 0 Å². The minimum absolute atomic E-state index is 0.149. The summed E-state index contributed by atoms with van der Waals surface area (Å²) >= 11 is 0. The van der Waals surface area contributed by atoms with Gasteiger partial charge in [0.15, 0.2) is 6.10 Å². The molecule has 4 N–H and O–H groups in total. The number of phosphoric acid groups is 1. The largest absolute Gasteiger partial charge is 0.544 e. The second kappa shape index (κ2) is 37.9. The number of quaternary nitrogens is 1. The molecular weight excluding hydrogens is 709 g/mol. The highest BCUT2D eigenvalue weighted by molar-refractivity contribution is 7.47. The predicted octanol–water partition coefficient (Wildman–Crippen LogP) is 9.01. The van der Waals surface area contributed by atoms with Crippen LogP contribution in [0.2, 0.25) is 0 Å². The molecule has 0 aromatic heterocycles. The van der Waals surface area contributed by atoms with Crippen LogP contribution in [0, 0.1) is 0 Å². The molecule has 0 aliphatic heterocycles. The number of unbranched alkanes of at least 4 members (excludes halogenated alkanes) is 22. The van der Waals surface area contributed by atoms with Gasteiger partial charge in [0.05, 0.1) is 6.61 Å². The second-order valence-corrected chi connectivity index (χ2v) is 16.0. The molecule has 0 heterocycles. The van der Waals surface area contributed by atoms with Crippen molar-refractivity contribution in [2.45, 2.75) is 206 Å². The van der Waals surface area contributed by atoms with Crippen LogP contribution in [0.15, 0.2) is 24.3 Å². The summed E-state index contributed by atoms with van der Waals surface area (Å²) in [6, 6.07) is -1.38. The van der Waals surface area contributed by atoms with Crippen molar-refractivity contribution >= 4 is 25.7 Å². The van der Waals surface area contributed by atoms with Crippen molar-refractivity contribution < 1.29 is 53.2 Å². The van der Waals surface area contributed by atoms with Gasteiger partial charge in [0, 0.05) is 12.8 Å². The highest BCUT2D eigenvalue weighted by atomic mass is 31.2. The fourth-order valence-corrected chi connectivity index (χ4v) is 6.60. The average Bonchev–Trinajstić information content (AvgIpc) is 3.14. The summed E-state index contributed by atoms with van der Waals surface area (Å²) < 4.78 is 32.7. The Morgan fingerprint density at radius 1 is 0.593 bits per heavy atom. The van der Waals surface area contributed by atoms with E-state index in [1.54, 1.807) is 0 Å². The Morgan fingerprint density at radius 2 is 1.00 bits per heavy atom. The van der Waals surface area contributed by atoms with Crippen molar-refractivity contribution in [3.8, 4) is 0 Å². The Morgan fingerprint density at radius 3 is 1.50 bits per heavy atom. The van der Waals surface area contributed by atoms with Crippen LogP contribution in [0.4, 0.5) is 0 Å². The van der Waals surface area contributed by atoms with Crippen molar-refractivity contribution in [1.82, 2.24) is 0 Å². The molecule has 0 aliphatic rings. The first-order chi connectivity index (χ1) is 26.1. The lowest BCUT2D eigenvalue weighted by atomic mass is 10.0. The Kier molecular flexibility index (Phi) is 36.4. The maximum absolute atomic E-state index is 12.6. The molecule has 0 amide bonds. The molecule has 0 bridgehead atoms. The molecule has 11 nitrogen and oxygen atoms in total. The lowest BCUT2D eigenvalue weighted by molar-refractivity contribution is -0.440. The summed E-state index contributed by atoms with van der Waals surface area (Å²) in [5.74, 6) is -2.52. The van der Waals surface area contributed by atoms with Crippen LogP contribution in [-0.2, 0) is 37.5 Å². The summed E-state index contributed by atoms with van der Waals surface area (Å²) in [6.45, 7) is 2.83. The molecule has 1 unspecified atom stereocenters. The SMILES string of the molecule is CCCCC/C=C\C/C=C\CCCCCCCC(=O)O[C@H](COC(=O)CCCCCCCCCCCCCCCCC)COP(=O)(O)OC[C@H]([NH3+])C(=O)[O-]. The Bertz CT molecular complexity index is 1020. The number of carboxylic acid groups (broad SMARTS) is 1. The standard InChI is InChI=1S/C42H78NO10P/c1-3-5-7-9-11-13-15-17-19-21-23-25-27-29-31-33-40(44)50-35-38(36-51-54(48,49)52-37-39(43)42(46)47)53-41(45)34-32-30-28-26-24-22-20-18-16-14-12-10-8-6-4-2/h12,14,18,20,38-39H,3-11,13,15-17,19,21-37,43H2,1-2H3,(H,46,47)(H,48,49)/b14-12-,20-18-/t38-,39+/m1/s1. The van der Waals surface area contributed by atoms with E-state index < -0.39 is 51.1 Å². The molecule has 0 aliphatic carbocycles. The van der Waals surface area contributed by atoms with Gasteiger partial charge in [-0.05, 0) is 44.9 Å². The molecular formula is C42H78NO10P. The molecule has 0 aromatic rings. The third-order valence-corrected chi connectivity index (χ3v) is 10.2. The van der Waals surface area contributed by atoms with Crippen molar-refractivity contribution in [3.05, 3.63) is 24.3 Å². The van der Waals surface area contributed by atoms with Gasteiger partial charge in [-0.15, -0.1) is 0 Å². The average molecular weight is 788 g/mol. The summed E-state index contributed by atoms with van der Waals surface area (Å²) in [6.07, 6.45) is 38.1. The number of carbonyl (C=O) groups excluding carboxylic acids is 3. The number of esters is 2. The van der Waals surface area contributed by atoms with Crippen molar-refractivity contribution in [1.29, 1.82) is 0 Å². The number of hydrogen-bond acceptors (Lipinski definition) is 9. The van der Waals surface area contributed by atoms with Gasteiger partial charge >= 0.3 is 19.8 Å². The molecule has 0 aromatic carbocycles. The quantitative estimate of drug-likeness (QED) is 0.0264. The van der Waals surface area contributed by atoms with Gasteiger partial charge in [-0.3, -0.25) is 18.6 Å². The maximum Gasteiger partial charge on any atom is 0.472 e.